The Hall–Kier alpha value is -2.44. The minimum absolute atomic E-state index is 0.0128. The molecule has 4 rings (SSSR count). The highest BCUT2D eigenvalue weighted by Crippen LogP contribution is 2.47. The zero-order valence-electron chi connectivity index (χ0n) is 27.0. The normalized spacial score (nSPS) is 27.5. The van der Waals surface area contributed by atoms with Crippen LogP contribution in [0.1, 0.15) is 107 Å². The molecule has 1 aromatic carbocycles. The molecule has 2 N–H and O–H groups in total. The van der Waals surface area contributed by atoms with Gasteiger partial charge in [0.2, 0.25) is 0 Å². The van der Waals surface area contributed by atoms with Gasteiger partial charge < -0.3 is 19.7 Å². The highest BCUT2D eigenvalue weighted by atomic mass is 16.5. The number of carbonyl (C=O) groups is 2. The second-order valence-corrected chi connectivity index (χ2v) is 13.9. The van der Waals surface area contributed by atoms with E-state index in [1.54, 1.807) is 5.56 Å². The number of hydrogen-bond donors (Lipinski definition) is 2. The van der Waals surface area contributed by atoms with Crippen LogP contribution in [0.4, 0.5) is 0 Å². The van der Waals surface area contributed by atoms with Gasteiger partial charge in [-0.3, -0.25) is 0 Å². The van der Waals surface area contributed by atoms with Gasteiger partial charge in [0.05, 0.1) is 37.6 Å². The molecular weight excluding hydrogens is 552 g/mol. The molecule has 3 aliphatic rings. The molecule has 0 radical (unpaired) electrons. The van der Waals surface area contributed by atoms with Crippen molar-refractivity contribution >= 4 is 11.9 Å². The average molecular weight is 609 g/mol. The molecular formula is C38H56O6. The summed E-state index contributed by atoms with van der Waals surface area (Å²) in [6, 6.07) is 9.46. The van der Waals surface area contributed by atoms with Crippen LogP contribution in [-0.4, -0.2) is 48.6 Å². The molecule has 0 bridgehead atoms. The lowest BCUT2D eigenvalue weighted by atomic mass is 9.64. The summed E-state index contributed by atoms with van der Waals surface area (Å²) in [6.45, 7) is 8.67. The van der Waals surface area contributed by atoms with Crippen molar-refractivity contribution in [2.45, 2.75) is 103 Å². The fraction of sp³-hybridized carbons (Fsp3) is 0.684. The van der Waals surface area contributed by atoms with Gasteiger partial charge in [0, 0.05) is 5.92 Å². The molecule has 0 atom stereocenters. The molecule has 1 aromatic rings. The summed E-state index contributed by atoms with van der Waals surface area (Å²) in [4.78, 5) is 24.3. The van der Waals surface area contributed by atoms with Crippen LogP contribution in [0.25, 0.3) is 0 Å². The first-order valence-corrected chi connectivity index (χ1v) is 17.3. The monoisotopic (exact) mass is 608 g/mol. The number of carbonyl (C=O) groups excluding carboxylic acids is 2. The van der Waals surface area contributed by atoms with Gasteiger partial charge in [-0.15, -0.1) is 0 Å². The van der Waals surface area contributed by atoms with E-state index in [9.17, 15) is 19.8 Å². The first-order valence-electron chi connectivity index (χ1n) is 17.3. The Morgan fingerprint density at radius 3 is 1.52 bits per heavy atom. The largest absolute Gasteiger partial charge is 0.462 e. The number of esters is 2. The molecule has 3 saturated carbocycles. The molecule has 244 valence electrons. The predicted molar refractivity (Wildman–Crippen MR) is 174 cm³/mol. The Balaban J connectivity index is 1.20. The third-order valence-corrected chi connectivity index (χ3v) is 11.2. The first-order chi connectivity index (χ1) is 21.3. The van der Waals surface area contributed by atoms with Gasteiger partial charge in [-0.05, 0) is 130 Å². The molecule has 44 heavy (non-hydrogen) atoms. The van der Waals surface area contributed by atoms with Crippen LogP contribution in [0.15, 0.2) is 48.6 Å². The van der Waals surface area contributed by atoms with E-state index in [0.717, 1.165) is 55.3 Å². The van der Waals surface area contributed by atoms with Crippen molar-refractivity contribution in [2.24, 2.45) is 35.5 Å². The third kappa shape index (κ3) is 9.53. The molecule has 0 heterocycles. The molecule has 0 aromatic heterocycles. The van der Waals surface area contributed by atoms with Crippen LogP contribution in [0, 0.1) is 35.5 Å². The summed E-state index contributed by atoms with van der Waals surface area (Å²) in [7, 11) is 0. The molecule has 6 heteroatoms. The molecule has 6 nitrogen and oxygen atoms in total. The van der Waals surface area contributed by atoms with Gasteiger partial charge >= 0.3 is 11.9 Å². The summed E-state index contributed by atoms with van der Waals surface area (Å²) >= 11 is 0. The topological polar surface area (TPSA) is 93.1 Å². The number of benzene rings is 1. The Bertz CT molecular complexity index is 1040. The summed E-state index contributed by atoms with van der Waals surface area (Å²) in [5.41, 5.74) is 3.04. The van der Waals surface area contributed by atoms with Crippen LogP contribution in [0.3, 0.4) is 0 Å². The van der Waals surface area contributed by atoms with Gasteiger partial charge in [-0.25, -0.2) is 9.59 Å². The molecule has 0 saturated heterocycles. The van der Waals surface area contributed by atoms with Crippen LogP contribution in [0.5, 0.6) is 0 Å². The van der Waals surface area contributed by atoms with E-state index in [4.69, 9.17) is 9.47 Å². The molecule has 0 amide bonds. The average Bonchev–Trinajstić information content (AvgIpc) is 3.08. The van der Waals surface area contributed by atoms with E-state index in [1.165, 1.54) is 69.8 Å². The Kier molecular flexibility index (Phi) is 13.5. The highest BCUT2D eigenvalue weighted by Gasteiger charge is 2.36. The summed E-state index contributed by atoms with van der Waals surface area (Å²) in [6.07, 6.45) is 17.7. The Morgan fingerprint density at radius 1 is 0.705 bits per heavy atom. The van der Waals surface area contributed by atoms with Crippen molar-refractivity contribution in [3.8, 4) is 0 Å². The second kappa shape index (κ2) is 17.3. The van der Waals surface area contributed by atoms with Crippen LogP contribution in [-0.2, 0) is 25.5 Å². The molecule has 3 aliphatic carbocycles. The van der Waals surface area contributed by atoms with Gasteiger partial charge in [-0.2, -0.15) is 0 Å². The second-order valence-electron chi connectivity index (χ2n) is 13.9. The van der Waals surface area contributed by atoms with Crippen molar-refractivity contribution in [1.82, 2.24) is 0 Å². The maximum Gasteiger partial charge on any atom is 0.335 e. The van der Waals surface area contributed by atoms with Crippen molar-refractivity contribution in [3.63, 3.8) is 0 Å². The van der Waals surface area contributed by atoms with E-state index >= 15 is 0 Å². The third-order valence-electron chi connectivity index (χ3n) is 11.2. The van der Waals surface area contributed by atoms with E-state index in [0.29, 0.717) is 0 Å². The lowest BCUT2D eigenvalue weighted by Crippen LogP contribution is -2.33. The van der Waals surface area contributed by atoms with Crippen molar-refractivity contribution in [2.75, 3.05) is 26.4 Å². The number of rotatable bonds is 14. The number of aryl methyl sites for hydroxylation is 1. The first kappa shape index (κ1) is 34.4. The number of aliphatic hydroxyl groups is 2. The summed E-state index contributed by atoms with van der Waals surface area (Å²) in [5, 5.41) is 18.4. The number of aliphatic hydroxyl groups excluding tert-OH is 2. The van der Waals surface area contributed by atoms with Crippen molar-refractivity contribution in [1.29, 1.82) is 0 Å². The fourth-order valence-electron chi connectivity index (χ4n) is 8.36. The summed E-state index contributed by atoms with van der Waals surface area (Å²) in [5.74, 6) is 2.99. The minimum Gasteiger partial charge on any atom is -0.462 e. The van der Waals surface area contributed by atoms with Crippen LogP contribution in [0.2, 0.25) is 0 Å². The molecule has 3 fully saturated rings. The molecule has 0 unspecified atom stereocenters. The van der Waals surface area contributed by atoms with Gasteiger partial charge in [0.15, 0.2) is 0 Å². The Morgan fingerprint density at radius 2 is 1.11 bits per heavy atom. The van der Waals surface area contributed by atoms with E-state index < -0.39 is 25.2 Å². The van der Waals surface area contributed by atoms with Crippen LogP contribution >= 0.6 is 0 Å². The van der Waals surface area contributed by atoms with Gasteiger partial charge in [0.1, 0.15) is 0 Å². The van der Waals surface area contributed by atoms with Crippen molar-refractivity contribution < 1.29 is 29.3 Å². The lowest BCUT2D eigenvalue weighted by molar-refractivity contribution is -0.146. The zero-order chi connectivity index (χ0) is 31.5. The Labute approximate surface area is 265 Å². The molecule has 0 aliphatic heterocycles. The lowest BCUT2D eigenvalue weighted by Gasteiger charge is -2.42. The van der Waals surface area contributed by atoms with Gasteiger partial charge in [0.25, 0.3) is 0 Å². The van der Waals surface area contributed by atoms with Crippen LogP contribution < -0.4 is 0 Å². The smallest absolute Gasteiger partial charge is 0.335 e. The van der Waals surface area contributed by atoms with E-state index in [-0.39, 0.29) is 36.2 Å². The standard InChI is InChI=1S/C38H56O6/c1-4-5-28-6-8-29(9-7-28)30-10-12-31(13-11-30)32-14-16-33(17-15-32)34-18-20-35(21-19-34)36(24-43-37(41)26(2)22-39)25-44-38(42)27(3)23-40/h6-9,30-36,39-40H,2-5,10-25H2,1H3. The quantitative estimate of drug-likeness (QED) is 0.170. The van der Waals surface area contributed by atoms with E-state index in [2.05, 4.69) is 44.3 Å². The SMILES string of the molecule is C=C(CO)C(=O)OCC(COC(=O)C(=C)CO)C1CCC(C2CCC(C3CCC(c4ccc(CCC)cc4)CC3)CC2)CC1. The fourth-order valence-corrected chi connectivity index (χ4v) is 8.36. The minimum atomic E-state index is -0.622. The van der Waals surface area contributed by atoms with E-state index in [1.807, 2.05) is 0 Å². The maximum atomic E-state index is 12.1. The highest BCUT2D eigenvalue weighted by molar-refractivity contribution is 5.88. The maximum absolute atomic E-state index is 12.1. The zero-order valence-corrected chi connectivity index (χ0v) is 27.0. The molecule has 0 spiro atoms. The summed E-state index contributed by atoms with van der Waals surface area (Å²) < 4.78 is 10.9. The predicted octanol–water partition coefficient (Wildman–Crippen LogP) is 7.33. The van der Waals surface area contributed by atoms with Crippen molar-refractivity contribution in [3.05, 3.63) is 59.7 Å². The van der Waals surface area contributed by atoms with Gasteiger partial charge in [-0.1, -0.05) is 50.8 Å². The number of ether oxygens (including phenoxy) is 2. The number of hydrogen-bond acceptors (Lipinski definition) is 6.